The van der Waals surface area contributed by atoms with Crippen molar-refractivity contribution in [2.24, 2.45) is 0 Å². The van der Waals surface area contributed by atoms with Crippen molar-refractivity contribution < 1.29 is 0 Å². The number of rotatable bonds is 1. The zero-order chi connectivity index (χ0) is 11.0. The molecule has 0 atom stereocenters. The zero-order valence-electron chi connectivity index (χ0n) is 8.51. The van der Waals surface area contributed by atoms with Gasteiger partial charge in [0.15, 0.2) is 0 Å². The zero-order valence-corrected chi connectivity index (χ0v) is 8.51. The molecule has 78 valence electrons. The lowest BCUT2D eigenvalue weighted by molar-refractivity contribution is 1.31. The van der Waals surface area contributed by atoms with Crippen LogP contribution in [0.15, 0.2) is 43.0 Å². The fraction of sp³-hybridized carbons (Fsp3) is 0. The molecule has 0 unspecified atom stereocenters. The van der Waals surface area contributed by atoms with E-state index in [1.54, 1.807) is 18.6 Å². The van der Waals surface area contributed by atoms with Crippen molar-refractivity contribution >= 4 is 16.7 Å². The van der Waals surface area contributed by atoms with Crippen molar-refractivity contribution in [3.63, 3.8) is 0 Å². The second-order valence-electron chi connectivity index (χ2n) is 3.60. The van der Waals surface area contributed by atoms with Gasteiger partial charge in [0.1, 0.15) is 5.65 Å². The molecule has 0 aliphatic carbocycles. The quantitative estimate of drug-likeness (QED) is 0.647. The van der Waals surface area contributed by atoms with E-state index in [0.717, 1.165) is 27.8 Å². The molecule has 0 aromatic carbocycles. The summed E-state index contributed by atoms with van der Waals surface area (Å²) in [6.45, 7) is 0. The fourth-order valence-electron chi connectivity index (χ4n) is 1.73. The summed E-state index contributed by atoms with van der Waals surface area (Å²) in [4.78, 5) is 11.3. The third-order valence-electron chi connectivity index (χ3n) is 2.58. The monoisotopic (exact) mass is 210 g/mol. The molecule has 3 heterocycles. The normalized spacial score (nSPS) is 10.8. The standard InChI is InChI=1S/C12H10N4/c13-11-7-16-12-10(11)5-9(6-15-12)8-1-3-14-4-2-8/h1-7H,13H2,(H,15,16). The van der Waals surface area contributed by atoms with E-state index in [2.05, 4.69) is 15.0 Å². The van der Waals surface area contributed by atoms with Crippen molar-refractivity contribution in [3.8, 4) is 11.1 Å². The Balaban J connectivity index is 2.22. The molecule has 0 radical (unpaired) electrons. The average Bonchev–Trinajstić information content (AvgIpc) is 2.72. The van der Waals surface area contributed by atoms with E-state index in [9.17, 15) is 0 Å². The van der Waals surface area contributed by atoms with Crippen LogP contribution in [0.5, 0.6) is 0 Å². The number of nitrogens with one attached hydrogen (secondary N) is 1. The Morgan fingerprint density at radius 1 is 1.12 bits per heavy atom. The first-order valence-electron chi connectivity index (χ1n) is 4.97. The summed E-state index contributed by atoms with van der Waals surface area (Å²) in [5.41, 5.74) is 9.51. The molecule has 0 aliphatic heterocycles. The summed E-state index contributed by atoms with van der Waals surface area (Å²) in [6, 6.07) is 5.93. The minimum Gasteiger partial charge on any atom is -0.397 e. The van der Waals surface area contributed by atoms with Gasteiger partial charge in [-0.1, -0.05) is 0 Å². The summed E-state index contributed by atoms with van der Waals surface area (Å²) in [5.74, 6) is 0. The number of aromatic nitrogens is 3. The molecule has 0 saturated carbocycles. The number of hydrogen-bond acceptors (Lipinski definition) is 3. The number of fused-ring (bicyclic) bond motifs is 1. The van der Waals surface area contributed by atoms with Crippen LogP contribution in [0.2, 0.25) is 0 Å². The number of hydrogen-bond donors (Lipinski definition) is 2. The summed E-state index contributed by atoms with van der Waals surface area (Å²) >= 11 is 0. The summed E-state index contributed by atoms with van der Waals surface area (Å²) in [5, 5.41) is 0.953. The lowest BCUT2D eigenvalue weighted by atomic mass is 10.1. The van der Waals surface area contributed by atoms with Crippen LogP contribution >= 0.6 is 0 Å². The van der Waals surface area contributed by atoms with Gasteiger partial charge in [-0.15, -0.1) is 0 Å². The molecule has 0 aliphatic rings. The highest BCUT2D eigenvalue weighted by Crippen LogP contribution is 2.24. The third kappa shape index (κ3) is 1.32. The molecule has 4 heteroatoms. The fourth-order valence-corrected chi connectivity index (χ4v) is 1.73. The lowest BCUT2D eigenvalue weighted by Gasteiger charge is -2.00. The third-order valence-corrected chi connectivity index (χ3v) is 2.58. The van der Waals surface area contributed by atoms with Gasteiger partial charge in [0.05, 0.1) is 5.69 Å². The van der Waals surface area contributed by atoms with Crippen molar-refractivity contribution in [1.82, 2.24) is 15.0 Å². The maximum absolute atomic E-state index is 5.84. The molecule has 0 amide bonds. The van der Waals surface area contributed by atoms with E-state index in [0.29, 0.717) is 0 Å². The van der Waals surface area contributed by atoms with E-state index in [1.165, 1.54) is 0 Å². The lowest BCUT2D eigenvalue weighted by Crippen LogP contribution is -1.84. The molecule has 3 aromatic heterocycles. The smallest absolute Gasteiger partial charge is 0.139 e. The van der Waals surface area contributed by atoms with Crippen molar-refractivity contribution in [2.45, 2.75) is 0 Å². The second kappa shape index (κ2) is 3.34. The Bertz CT molecular complexity index is 628. The highest BCUT2D eigenvalue weighted by Gasteiger charge is 2.04. The van der Waals surface area contributed by atoms with Crippen LogP contribution < -0.4 is 5.73 Å². The van der Waals surface area contributed by atoms with E-state index in [1.807, 2.05) is 24.4 Å². The van der Waals surface area contributed by atoms with Gasteiger partial charge in [-0.05, 0) is 23.8 Å². The minimum absolute atomic E-state index is 0.721. The molecule has 0 saturated heterocycles. The molecule has 0 bridgehead atoms. The molecular formula is C12H10N4. The molecule has 0 spiro atoms. The van der Waals surface area contributed by atoms with Gasteiger partial charge >= 0.3 is 0 Å². The molecule has 3 aromatic rings. The predicted molar refractivity (Wildman–Crippen MR) is 63.7 cm³/mol. The second-order valence-corrected chi connectivity index (χ2v) is 3.60. The first-order chi connectivity index (χ1) is 7.84. The van der Waals surface area contributed by atoms with Crippen LogP contribution in [0.3, 0.4) is 0 Å². The molecule has 0 fully saturated rings. The summed E-state index contributed by atoms with van der Waals surface area (Å²) in [6.07, 6.45) is 7.11. The largest absolute Gasteiger partial charge is 0.397 e. The van der Waals surface area contributed by atoms with Gasteiger partial charge in [-0.3, -0.25) is 4.98 Å². The summed E-state index contributed by atoms with van der Waals surface area (Å²) < 4.78 is 0. The first-order valence-corrected chi connectivity index (χ1v) is 4.97. The minimum atomic E-state index is 0.721. The van der Waals surface area contributed by atoms with Gasteiger partial charge in [0.2, 0.25) is 0 Å². The van der Waals surface area contributed by atoms with Crippen molar-refractivity contribution in [3.05, 3.63) is 43.0 Å². The van der Waals surface area contributed by atoms with Gasteiger partial charge < -0.3 is 10.7 Å². The van der Waals surface area contributed by atoms with E-state index in [4.69, 9.17) is 5.73 Å². The number of nitrogens with two attached hydrogens (primary N) is 1. The van der Waals surface area contributed by atoms with E-state index < -0.39 is 0 Å². The maximum atomic E-state index is 5.84. The van der Waals surface area contributed by atoms with Crippen LogP contribution in [0.25, 0.3) is 22.2 Å². The van der Waals surface area contributed by atoms with Crippen LogP contribution in [-0.2, 0) is 0 Å². The van der Waals surface area contributed by atoms with Crippen LogP contribution in [0, 0.1) is 0 Å². The highest BCUT2D eigenvalue weighted by molar-refractivity contribution is 5.91. The highest BCUT2D eigenvalue weighted by atomic mass is 14.9. The molecule has 16 heavy (non-hydrogen) atoms. The Hall–Kier alpha value is -2.36. The SMILES string of the molecule is Nc1c[nH]c2ncc(-c3ccncc3)cc12. The number of anilines is 1. The molecule has 3 rings (SSSR count). The van der Waals surface area contributed by atoms with Crippen LogP contribution in [0.1, 0.15) is 0 Å². The maximum Gasteiger partial charge on any atom is 0.139 e. The molecular weight excluding hydrogens is 200 g/mol. The molecule has 3 N–H and O–H groups in total. The Morgan fingerprint density at radius 2 is 1.94 bits per heavy atom. The van der Waals surface area contributed by atoms with Crippen molar-refractivity contribution in [1.29, 1.82) is 0 Å². The molecule has 4 nitrogen and oxygen atoms in total. The first kappa shape index (κ1) is 8.91. The van der Waals surface area contributed by atoms with Gasteiger partial charge in [-0.25, -0.2) is 4.98 Å². The van der Waals surface area contributed by atoms with E-state index >= 15 is 0 Å². The Labute approximate surface area is 92.2 Å². The van der Waals surface area contributed by atoms with E-state index in [-0.39, 0.29) is 0 Å². The number of aromatic amines is 1. The Kier molecular flexibility index (Phi) is 1.86. The predicted octanol–water partition coefficient (Wildman–Crippen LogP) is 2.21. The Morgan fingerprint density at radius 3 is 2.75 bits per heavy atom. The average molecular weight is 210 g/mol. The summed E-state index contributed by atoms with van der Waals surface area (Å²) in [7, 11) is 0. The van der Waals surface area contributed by atoms with Crippen LogP contribution in [0.4, 0.5) is 5.69 Å². The topological polar surface area (TPSA) is 67.6 Å². The van der Waals surface area contributed by atoms with Gasteiger partial charge in [-0.2, -0.15) is 0 Å². The number of nitrogen functional groups attached to an aromatic ring is 1. The van der Waals surface area contributed by atoms with Crippen LogP contribution in [-0.4, -0.2) is 15.0 Å². The van der Waals surface area contributed by atoms with Gasteiger partial charge in [0.25, 0.3) is 0 Å². The number of pyridine rings is 2. The van der Waals surface area contributed by atoms with Crippen molar-refractivity contribution in [2.75, 3.05) is 5.73 Å². The number of H-pyrrole nitrogens is 1. The number of nitrogens with zero attached hydrogens (tertiary/aromatic N) is 2. The van der Waals surface area contributed by atoms with Gasteiger partial charge in [0, 0.05) is 35.7 Å².